The number of carboxylic acid groups (broad SMARTS) is 1. The number of rotatable bonds is 2. The third kappa shape index (κ3) is 2.03. The number of methoxy groups -OCH3 is 1. The zero-order valence-corrected chi connectivity index (χ0v) is 10.6. The maximum absolute atomic E-state index is 13.2. The standard InChI is InChI=1S/C13H11F3O4/c1-7-3-4-10-8(5-7)6-9(11(17)18)12(19-2,20-10)13(14,15)16/h3-6H,1-2H3,(H,17,18)/t12-/m1/s1. The molecule has 7 heteroatoms. The van der Waals surface area contributed by atoms with Crippen LogP contribution in [0.15, 0.2) is 23.8 Å². The fourth-order valence-electron chi connectivity index (χ4n) is 2.01. The number of aryl methyl sites for hydroxylation is 1. The van der Waals surface area contributed by atoms with Crippen molar-refractivity contribution in [3.05, 3.63) is 34.9 Å². The Morgan fingerprint density at radius 3 is 2.55 bits per heavy atom. The van der Waals surface area contributed by atoms with Crippen molar-refractivity contribution in [2.75, 3.05) is 7.11 Å². The first kappa shape index (κ1) is 14.4. The Morgan fingerprint density at radius 1 is 1.40 bits per heavy atom. The van der Waals surface area contributed by atoms with E-state index in [0.717, 1.165) is 18.7 Å². The predicted octanol–water partition coefficient (Wildman–Crippen LogP) is 2.76. The number of carboxylic acids is 1. The Kier molecular flexibility index (Phi) is 3.25. The summed E-state index contributed by atoms with van der Waals surface area (Å²) in [5, 5.41) is 9.03. The van der Waals surface area contributed by atoms with Crippen LogP contribution in [-0.4, -0.2) is 30.1 Å². The average Bonchev–Trinajstić information content (AvgIpc) is 2.35. The summed E-state index contributed by atoms with van der Waals surface area (Å²) >= 11 is 0. The SMILES string of the molecule is CO[C@@]1(C(F)(F)F)Oc2ccc(C)cc2C=C1C(=O)O. The van der Waals surface area contributed by atoms with Gasteiger partial charge in [-0.15, -0.1) is 0 Å². The lowest BCUT2D eigenvalue weighted by Crippen LogP contribution is -2.56. The van der Waals surface area contributed by atoms with Crippen LogP contribution in [0, 0.1) is 6.92 Å². The summed E-state index contributed by atoms with van der Waals surface area (Å²) in [5.74, 6) is -5.14. The van der Waals surface area contributed by atoms with Gasteiger partial charge in [0.2, 0.25) is 0 Å². The van der Waals surface area contributed by atoms with Crippen molar-refractivity contribution in [3.8, 4) is 5.75 Å². The molecule has 1 heterocycles. The minimum absolute atomic E-state index is 0.0835. The largest absolute Gasteiger partial charge is 0.478 e. The molecule has 1 aromatic rings. The summed E-state index contributed by atoms with van der Waals surface area (Å²) in [4.78, 5) is 11.1. The van der Waals surface area contributed by atoms with Gasteiger partial charge in [0.05, 0.1) is 0 Å². The highest BCUT2D eigenvalue weighted by Crippen LogP contribution is 2.45. The van der Waals surface area contributed by atoms with Crippen molar-refractivity contribution in [1.82, 2.24) is 0 Å². The van der Waals surface area contributed by atoms with E-state index in [1.165, 1.54) is 12.1 Å². The van der Waals surface area contributed by atoms with E-state index >= 15 is 0 Å². The van der Waals surface area contributed by atoms with Crippen LogP contribution in [0.5, 0.6) is 5.75 Å². The lowest BCUT2D eigenvalue weighted by atomic mass is 9.97. The molecule has 1 aliphatic heterocycles. The number of benzene rings is 1. The molecule has 108 valence electrons. The first-order valence-electron chi connectivity index (χ1n) is 5.58. The van der Waals surface area contributed by atoms with E-state index in [4.69, 9.17) is 9.84 Å². The molecule has 20 heavy (non-hydrogen) atoms. The summed E-state index contributed by atoms with van der Waals surface area (Å²) in [5.41, 5.74) is 0.0233. The molecule has 1 atom stereocenters. The highest BCUT2D eigenvalue weighted by atomic mass is 19.4. The van der Waals surface area contributed by atoms with E-state index in [1.54, 1.807) is 13.0 Å². The van der Waals surface area contributed by atoms with Gasteiger partial charge in [-0.2, -0.15) is 13.2 Å². The number of alkyl halides is 3. The average molecular weight is 288 g/mol. The summed E-state index contributed by atoms with van der Waals surface area (Å²) in [6, 6.07) is 4.45. The molecule has 0 amide bonds. The van der Waals surface area contributed by atoms with E-state index in [2.05, 4.69) is 4.74 Å². The van der Waals surface area contributed by atoms with E-state index < -0.39 is 23.5 Å². The van der Waals surface area contributed by atoms with Crippen molar-refractivity contribution in [3.63, 3.8) is 0 Å². The highest BCUT2D eigenvalue weighted by Gasteiger charge is 2.64. The van der Waals surface area contributed by atoms with Gasteiger partial charge in [-0.1, -0.05) is 11.6 Å². The molecular weight excluding hydrogens is 277 g/mol. The van der Waals surface area contributed by atoms with Gasteiger partial charge in [-0.3, -0.25) is 0 Å². The first-order chi connectivity index (χ1) is 9.21. The molecule has 0 bridgehead atoms. The minimum atomic E-state index is -5.03. The molecule has 0 aromatic heterocycles. The van der Waals surface area contributed by atoms with E-state index in [0.29, 0.717) is 0 Å². The van der Waals surface area contributed by atoms with Gasteiger partial charge in [0.1, 0.15) is 11.3 Å². The van der Waals surface area contributed by atoms with Gasteiger partial charge in [-0.25, -0.2) is 4.79 Å². The van der Waals surface area contributed by atoms with Gasteiger partial charge in [0.25, 0.3) is 0 Å². The Hall–Kier alpha value is -2.02. The lowest BCUT2D eigenvalue weighted by Gasteiger charge is -2.37. The molecule has 0 saturated heterocycles. The number of ether oxygens (including phenoxy) is 2. The molecule has 1 aromatic carbocycles. The van der Waals surface area contributed by atoms with Crippen LogP contribution >= 0.6 is 0 Å². The Labute approximate surface area is 112 Å². The minimum Gasteiger partial charge on any atom is -0.478 e. The number of fused-ring (bicyclic) bond motifs is 1. The van der Waals surface area contributed by atoms with Gasteiger partial charge < -0.3 is 14.6 Å². The molecule has 0 spiro atoms. The van der Waals surface area contributed by atoms with Gasteiger partial charge in [0, 0.05) is 12.7 Å². The van der Waals surface area contributed by atoms with Crippen molar-refractivity contribution >= 4 is 12.0 Å². The summed E-state index contributed by atoms with van der Waals surface area (Å²) < 4.78 is 49.0. The maximum Gasteiger partial charge on any atom is 0.460 e. The monoisotopic (exact) mass is 288 g/mol. The van der Waals surface area contributed by atoms with Crippen molar-refractivity contribution in [1.29, 1.82) is 0 Å². The molecule has 0 unspecified atom stereocenters. The molecule has 2 rings (SSSR count). The Bertz CT molecular complexity index is 592. The smallest absolute Gasteiger partial charge is 0.460 e. The van der Waals surface area contributed by atoms with Crippen LogP contribution in [0.4, 0.5) is 13.2 Å². The van der Waals surface area contributed by atoms with Crippen LogP contribution in [0.1, 0.15) is 11.1 Å². The lowest BCUT2D eigenvalue weighted by molar-refractivity contribution is -0.326. The molecule has 1 aliphatic rings. The second-order valence-corrected chi connectivity index (χ2v) is 4.32. The quantitative estimate of drug-likeness (QED) is 0.909. The Balaban J connectivity index is 2.69. The molecule has 1 N–H and O–H groups in total. The summed E-state index contributed by atoms with van der Waals surface area (Å²) in [7, 11) is 0.753. The topological polar surface area (TPSA) is 55.8 Å². The van der Waals surface area contributed by atoms with Crippen molar-refractivity contribution < 1.29 is 32.5 Å². The third-order valence-electron chi connectivity index (χ3n) is 2.96. The maximum atomic E-state index is 13.2. The van der Waals surface area contributed by atoms with Crippen LogP contribution in [-0.2, 0) is 9.53 Å². The number of aliphatic carboxylic acids is 1. The van der Waals surface area contributed by atoms with E-state index in [-0.39, 0.29) is 11.3 Å². The fraction of sp³-hybridized carbons (Fsp3) is 0.308. The highest BCUT2D eigenvalue weighted by molar-refractivity contribution is 5.95. The summed E-state index contributed by atoms with van der Waals surface area (Å²) in [6.07, 6.45) is -4.11. The van der Waals surface area contributed by atoms with Crippen molar-refractivity contribution in [2.24, 2.45) is 0 Å². The number of halogens is 3. The Morgan fingerprint density at radius 2 is 2.05 bits per heavy atom. The first-order valence-corrected chi connectivity index (χ1v) is 5.58. The number of hydrogen-bond acceptors (Lipinski definition) is 3. The van der Waals surface area contributed by atoms with Gasteiger partial charge >= 0.3 is 17.9 Å². The van der Waals surface area contributed by atoms with Crippen LogP contribution in [0.3, 0.4) is 0 Å². The second kappa shape index (κ2) is 4.52. The van der Waals surface area contributed by atoms with Crippen LogP contribution < -0.4 is 4.74 Å². The normalized spacial score (nSPS) is 21.8. The van der Waals surface area contributed by atoms with E-state index in [1.807, 2.05) is 0 Å². The predicted molar refractivity (Wildman–Crippen MR) is 63.2 cm³/mol. The molecule has 0 fully saturated rings. The number of carbonyl (C=O) groups is 1. The zero-order chi connectivity index (χ0) is 15.1. The number of hydrogen-bond donors (Lipinski definition) is 1. The molecule has 4 nitrogen and oxygen atoms in total. The summed E-state index contributed by atoms with van der Waals surface area (Å²) in [6.45, 7) is 1.73. The molecular formula is C13H11F3O4. The van der Waals surface area contributed by atoms with Gasteiger partial charge in [0.15, 0.2) is 0 Å². The van der Waals surface area contributed by atoms with Crippen LogP contribution in [0.25, 0.3) is 6.08 Å². The fourth-order valence-corrected chi connectivity index (χ4v) is 2.01. The van der Waals surface area contributed by atoms with Crippen molar-refractivity contribution in [2.45, 2.75) is 18.9 Å². The zero-order valence-electron chi connectivity index (χ0n) is 10.6. The molecule has 0 aliphatic carbocycles. The molecule has 0 saturated carbocycles. The van der Waals surface area contributed by atoms with E-state index in [9.17, 15) is 18.0 Å². The second-order valence-electron chi connectivity index (χ2n) is 4.32. The van der Waals surface area contributed by atoms with Crippen LogP contribution in [0.2, 0.25) is 0 Å². The third-order valence-corrected chi connectivity index (χ3v) is 2.96. The molecule has 0 radical (unpaired) electrons. The van der Waals surface area contributed by atoms with Gasteiger partial charge in [-0.05, 0) is 25.1 Å².